The summed E-state index contributed by atoms with van der Waals surface area (Å²) in [5.41, 5.74) is 3.21. The van der Waals surface area contributed by atoms with E-state index in [1.54, 1.807) is 19.4 Å². The third kappa shape index (κ3) is 5.55. The van der Waals surface area contributed by atoms with Gasteiger partial charge >= 0.3 is 0 Å². The zero-order chi connectivity index (χ0) is 20.3. The first-order valence-corrected chi connectivity index (χ1v) is 10.5. The third-order valence-corrected chi connectivity index (χ3v) is 6.39. The quantitative estimate of drug-likeness (QED) is 0.644. The van der Waals surface area contributed by atoms with Gasteiger partial charge in [0.1, 0.15) is 5.76 Å². The predicted molar refractivity (Wildman–Crippen MR) is 128 cm³/mol. The number of nitrogens with zero attached hydrogens (tertiary/aromatic N) is 1. The second-order valence-corrected chi connectivity index (χ2v) is 8.43. The average Bonchev–Trinajstić information content (AvgIpc) is 3.32. The van der Waals surface area contributed by atoms with Gasteiger partial charge in [0, 0.05) is 30.8 Å². The van der Waals surface area contributed by atoms with Crippen LogP contribution in [-0.2, 0) is 17.7 Å². The molecule has 0 saturated carbocycles. The van der Waals surface area contributed by atoms with E-state index in [1.165, 1.54) is 11.3 Å². The number of carbonyl (C=O) groups is 1. The normalized spacial score (nSPS) is 19.2. The molecule has 0 spiro atoms. The van der Waals surface area contributed by atoms with Gasteiger partial charge in [0.15, 0.2) is 0 Å². The van der Waals surface area contributed by atoms with Crippen molar-refractivity contribution in [2.24, 2.45) is 5.41 Å². The minimum Gasteiger partial charge on any atom is -0.467 e. The van der Waals surface area contributed by atoms with Crippen molar-refractivity contribution < 1.29 is 13.9 Å². The van der Waals surface area contributed by atoms with Crippen LogP contribution in [0.4, 0.5) is 5.69 Å². The number of carbonyl (C=O) groups excluding carboxylic acids is 1. The van der Waals surface area contributed by atoms with Crippen molar-refractivity contribution in [3.8, 4) is 0 Å². The number of amides is 1. The van der Waals surface area contributed by atoms with Crippen LogP contribution in [0.15, 0.2) is 41.0 Å². The largest absolute Gasteiger partial charge is 0.467 e. The molecule has 1 saturated heterocycles. The SMILES string of the molecule is COCC1(CNC(=O)c2ccoc2CN2c3ccccc3CC2C)CCNCC1.Cl.Cl. The van der Waals surface area contributed by atoms with E-state index in [0.717, 1.165) is 38.1 Å². The van der Waals surface area contributed by atoms with Crippen LogP contribution in [0.5, 0.6) is 0 Å². The molecule has 1 atom stereocenters. The molecule has 2 aliphatic rings. The van der Waals surface area contributed by atoms with E-state index in [9.17, 15) is 4.79 Å². The second kappa shape index (κ2) is 11.2. The molecule has 0 bridgehead atoms. The number of nitrogens with one attached hydrogen (secondary N) is 2. The van der Waals surface area contributed by atoms with Crippen molar-refractivity contribution in [1.82, 2.24) is 10.6 Å². The maximum Gasteiger partial charge on any atom is 0.254 e. The summed E-state index contributed by atoms with van der Waals surface area (Å²) in [4.78, 5) is 15.3. The molecule has 1 aromatic carbocycles. The van der Waals surface area contributed by atoms with Crippen molar-refractivity contribution >= 4 is 36.4 Å². The summed E-state index contributed by atoms with van der Waals surface area (Å²) in [6, 6.07) is 10.6. The van der Waals surface area contributed by atoms with Crippen LogP contribution >= 0.6 is 24.8 Å². The van der Waals surface area contributed by atoms with Crippen LogP contribution in [0.2, 0.25) is 0 Å². The Balaban J connectivity index is 0.00000171. The van der Waals surface area contributed by atoms with Gasteiger partial charge in [0.2, 0.25) is 0 Å². The van der Waals surface area contributed by atoms with Crippen molar-refractivity contribution in [3.63, 3.8) is 0 Å². The molecule has 1 unspecified atom stereocenters. The van der Waals surface area contributed by atoms with Gasteiger partial charge in [-0.1, -0.05) is 18.2 Å². The maximum absolute atomic E-state index is 13.0. The van der Waals surface area contributed by atoms with Crippen molar-refractivity contribution in [2.75, 3.05) is 38.3 Å². The summed E-state index contributed by atoms with van der Waals surface area (Å²) in [7, 11) is 1.73. The van der Waals surface area contributed by atoms with Crippen LogP contribution in [0.1, 0.15) is 41.4 Å². The molecular weight excluding hydrogens is 437 g/mol. The Hall–Kier alpha value is -1.73. The highest BCUT2D eigenvalue weighted by atomic mass is 35.5. The number of halogens is 2. The van der Waals surface area contributed by atoms with Gasteiger partial charge in [-0.2, -0.15) is 0 Å². The van der Waals surface area contributed by atoms with E-state index in [4.69, 9.17) is 9.15 Å². The molecule has 31 heavy (non-hydrogen) atoms. The minimum absolute atomic E-state index is 0. The van der Waals surface area contributed by atoms with Gasteiger partial charge < -0.3 is 24.7 Å². The Bertz CT molecular complexity index is 847. The number of hydrogen-bond acceptors (Lipinski definition) is 5. The smallest absolute Gasteiger partial charge is 0.254 e. The zero-order valence-electron chi connectivity index (χ0n) is 18.2. The molecule has 2 aromatic rings. The van der Waals surface area contributed by atoms with Gasteiger partial charge in [0.25, 0.3) is 5.91 Å². The molecular formula is C23H33Cl2N3O3. The maximum atomic E-state index is 13.0. The van der Waals surface area contributed by atoms with Crippen LogP contribution in [-0.4, -0.2) is 45.3 Å². The number of benzene rings is 1. The molecule has 1 aromatic heterocycles. The fraction of sp³-hybridized carbons (Fsp3) is 0.522. The lowest BCUT2D eigenvalue weighted by Crippen LogP contribution is -2.47. The summed E-state index contributed by atoms with van der Waals surface area (Å²) in [6.07, 6.45) is 4.64. The monoisotopic (exact) mass is 469 g/mol. The van der Waals surface area contributed by atoms with Crippen molar-refractivity contribution in [2.45, 2.75) is 38.8 Å². The molecule has 8 heteroatoms. The third-order valence-electron chi connectivity index (χ3n) is 6.39. The Labute approximate surface area is 196 Å². The number of para-hydroxylation sites is 1. The summed E-state index contributed by atoms with van der Waals surface area (Å²) in [5.74, 6) is 0.653. The Morgan fingerprint density at radius 2 is 2.00 bits per heavy atom. The number of piperidine rings is 1. The number of hydrogen-bond donors (Lipinski definition) is 2. The Morgan fingerprint density at radius 1 is 1.26 bits per heavy atom. The minimum atomic E-state index is -0.0668. The Kier molecular flexibility index (Phi) is 9.25. The summed E-state index contributed by atoms with van der Waals surface area (Å²) in [5, 5.41) is 6.54. The average molecular weight is 470 g/mol. The number of methoxy groups -OCH3 is 1. The molecule has 4 rings (SSSR count). The van der Waals surface area contributed by atoms with Crippen molar-refractivity contribution in [3.05, 3.63) is 53.5 Å². The van der Waals surface area contributed by atoms with E-state index in [1.807, 2.05) is 0 Å². The molecule has 0 radical (unpaired) electrons. The molecule has 0 aliphatic carbocycles. The fourth-order valence-corrected chi connectivity index (χ4v) is 4.69. The van der Waals surface area contributed by atoms with Gasteiger partial charge in [-0.15, -0.1) is 24.8 Å². The topological polar surface area (TPSA) is 66.7 Å². The molecule has 6 nitrogen and oxygen atoms in total. The summed E-state index contributed by atoms with van der Waals surface area (Å²) in [6.45, 7) is 6.02. The summed E-state index contributed by atoms with van der Waals surface area (Å²) >= 11 is 0. The van der Waals surface area contributed by atoms with Crippen molar-refractivity contribution in [1.29, 1.82) is 0 Å². The summed E-state index contributed by atoms with van der Waals surface area (Å²) < 4.78 is 11.2. The zero-order valence-corrected chi connectivity index (χ0v) is 19.8. The number of rotatable bonds is 7. The van der Waals surface area contributed by atoms with Crippen LogP contribution in [0.3, 0.4) is 0 Å². The molecule has 2 aliphatic heterocycles. The highest BCUT2D eigenvalue weighted by molar-refractivity contribution is 5.95. The lowest BCUT2D eigenvalue weighted by molar-refractivity contribution is 0.0511. The van der Waals surface area contributed by atoms with E-state index in [-0.39, 0.29) is 36.1 Å². The van der Waals surface area contributed by atoms with Gasteiger partial charge in [-0.3, -0.25) is 4.79 Å². The number of anilines is 1. The number of furan rings is 1. The lowest BCUT2D eigenvalue weighted by atomic mass is 9.79. The number of fused-ring (bicyclic) bond motifs is 1. The highest BCUT2D eigenvalue weighted by Crippen LogP contribution is 2.34. The van der Waals surface area contributed by atoms with E-state index < -0.39 is 0 Å². The molecule has 3 heterocycles. The molecule has 172 valence electrons. The molecule has 1 amide bonds. The second-order valence-electron chi connectivity index (χ2n) is 8.43. The lowest BCUT2D eigenvalue weighted by Gasteiger charge is -2.37. The van der Waals surface area contributed by atoms with Crippen LogP contribution < -0.4 is 15.5 Å². The Morgan fingerprint density at radius 3 is 2.74 bits per heavy atom. The first-order chi connectivity index (χ1) is 14.1. The molecule has 1 fully saturated rings. The van der Waals surface area contributed by atoms with Gasteiger partial charge in [-0.25, -0.2) is 0 Å². The van der Waals surface area contributed by atoms with E-state index in [2.05, 4.69) is 46.7 Å². The van der Waals surface area contributed by atoms with Crippen LogP contribution in [0, 0.1) is 5.41 Å². The first-order valence-electron chi connectivity index (χ1n) is 10.5. The van der Waals surface area contributed by atoms with Gasteiger partial charge in [-0.05, 0) is 57.0 Å². The first kappa shape index (κ1) is 25.5. The fourth-order valence-electron chi connectivity index (χ4n) is 4.69. The molecule has 2 N–H and O–H groups in total. The predicted octanol–water partition coefficient (Wildman–Crippen LogP) is 3.82. The standard InChI is InChI=1S/C23H31N3O3.2ClH/c1-17-13-18-5-3-4-6-20(18)26(17)14-21-19(7-12-29-21)22(27)25-15-23(16-28-2)8-10-24-11-9-23;;/h3-7,12,17,24H,8-11,13-16H2,1-2H3,(H,25,27);2*1H. The highest BCUT2D eigenvalue weighted by Gasteiger charge is 2.33. The van der Waals surface area contributed by atoms with E-state index in [0.29, 0.717) is 31.3 Å². The van der Waals surface area contributed by atoms with Crippen LogP contribution in [0.25, 0.3) is 0 Å². The number of ether oxygens (including phenoxy) is 1. The van der Waals surface area contributed by atoms with E-state index >= 15 is 0 Å². The van der Waals surface area contributed by atoms with Gasteiger partial charge in [0.05, 0.1) is 25.0 Å².